The highest BCUT2D eigenvalue weighted by Gasteiger charge is 2.26. The molecule has 0 aliphatic carbocycles. The molecule has 0 aliphatic rings. The average Bonchev–Trinajstić information content (AvgIpc) is 2.61. The maximum atomic E-state index is 13.1. The van der Waals surface area contributed by atoms with Crippen molar-refractivity contribution in [3.05, 3.63) is 71.5 Å². The molecule has 0 saturated carbocycles. The lowest BCUT2D eigenvalue weighted by atomic mass is 10.1. The molecule has 0 heterocycles. The fourth-order valence-corrected chi connectivity index (χ4v) is 2.65. The van der Waals surface area contributed by atoms with Crippen molar-refractivity contribution < 1.29 is 14.0 Å². The largest absolute Gasteiger partial charge is 0.352 e. The lowest BCUT2D eigenvalue weighted by molar-refractivity contribution is -0.140. The molecule has 1 atom stereocenters. The van der Waals surface area contributed by atoms with Crippen LogP contribution < -0.4 is 5.32 Å². The Kier molecular flexibility index (Phi) is 6.89. The number of rotatable bonds is 7. The van der Waals surface area contributed by atoms with Crippen LogP contribution >= 0.6 is 0 Å². The minimum Gasteiger partial charge on any atom is -0.352 e. The van der Waals surface area contributed by atoms with Gasteiger partial charge in [0.25, 0.3) is 0 Å². The second-order valence-electron chi connectivity index (χ2n) is 6.65. The van der Waals surface area contributed by atoms with E-state index in [-0.39, 0.29) is 30.1 Å². The molecule has 2 rings (SSSR count). The molecule has 138 valence electrons. The second-order valence-corrected chi connectivity index (χ2v) is 6.65. The average molecular weight is 356 g/mol. The van der Waals surface area contributed by atoms with Crippen LogP contribution in [0.5, 0.6) is 0 Å². The quantitative estimate of drug-likeness (QED) is 0.827. The molecule has 2 amide bonds. The lowest BCUT2D eigenvalue weighted by Crippen LogP contribution is -2.49. The third kappa shape index (κ3) is 5.69. The smallest absolute Gasteiger partial charge is 0.242 e. The van der Waals surface area contributed by atoms with Crippen LogP contribution in [-0.4, -0.2) is 28.8 Å². The number of hydrogen-bond donors (Lipinski definition) is 1. The molecule has 0 spiro atoms. The summed E-state index contributed by atoms with van der Waals surface area (Å²) in [5.41, 5.74) is 1.66. The number of amides is 2. The van der Waals surface area contributed by atoms with Crippen LogP contribution in [0.1, 0.15) is 31.9 Å². The molecule has 0 radical (unpaired) electrons. The summed E-state index contributed by atoms with van der Waals surface area (Å²) < 4.78 is 13.1. The summed E-state index contributed by atoms with van der Waals surface area (Å²) in [6, 6.07) is 14.8. The normalized spacial score (nSPS) is 11.9. The van der Waals surface area contributed by atoms with Crippen molar-refractivity contribution in [2.24, 2.45) is 0 Å². The molecule has 2 aromatic rings. The summed E-state index contributed by atoms with van der Waals surface area (Å²) in [5, 5.41) is 2.85. The Bertz CT molecular complexity index is 729. The summed E-state index contributed by atoms with van der Waals surface area (Å²) in [6.07, 6.45) is 0.117. The van der Waals surface area contributed by atoms with Gasteiger partial charge < -0.3 is 10.2 Å². The third-order valence-electron chi connectivity index (χ3n) is 4.06. The van der Waals surface area contributed by atoms with E-state index in [2.05, 4.69) is 5.32 Å². The lowest BCUT2D eigenvalue weighted by Gasteiger charge is -2.29. The van der Waals surface area contributed by atoms with Crippen LogP contribution in [0, 0.1) is 5.82 Å². The van der Waals surface area contributed by atoms with Crippen molar-refractivity contribution in [2.45, 2.75) is 45.8 Å². The van der Waals surface area contributed by atoms with Gasteiger partial charge in [0, 0.05) is 12.6 Å². The second kappa shape index (κ2) is 9.13. The Morgan fingerprint density at radius 1 is 0.962 bits per heavy atom. The van der Waals surface area contributed by atoms with Gasteiger partial charge in [-0.05, 0) is 44.0 Å². The predicted octanol–water partition coefficient (Wildman–Crippen LogP) is 3.31. The number of carbonyl (C=O) groups excluding carboxylic acids is 2. The highest BCUT2D eigenvalue weighted by Crippen LogP contribution is 2.13. The number of benzene rings is 2. The van der Waals surface area contributed by atoms with Crippen LogP contribution in [-0.2, 0) is 22.6 Å². The number of hydrogen-bond acceptors (Lipinski definition) is 2. The Labute approximate surface area is 154 Å². The van der Waals surface area contributed by atoms with Crippen LogP contribution in [0.15, 0.2) is 54.6 Å². The Hall–Kier alpha value is -2.69. The van der Waals surface area contributed by atoms with Gasteiger partial charge in [0.05, 0.1) is 6.42 Å². The summed E-state index contributed by atoms with van der Waals surface area (Å²) >= 11 is 0. The monoisotopic (exact) mass is 356 g/mol. The number of nitrogens with one attached hydrogen (secondary N) is 1. The summed E-state index contributed by atoms with van der Waals surface area (Å²) in [5.74, 6) is -0.706. The first-order valence-corrected chi connectivity index (χ1v) is 8.75. The van der Waals surface area contributed by atoms with Gasteiger partial charge in [0.15, 0.2) is 0 Å². The van der Waals surface area contributed by atoms with Crippen molar-refractivity contribution in [3.63, 3.8) is 0 Å². The fraction of sp³-hybridized carbons (Fsp3) is 0.333. The van der Waals surface area contributed by atoms with Gasteiger partial charge in [0.1, 0.15) is 11.9 Å². The van der Waals surface area contributed by atoms with E-state index in [0.29, 0.717) is 12.1 Å². The van der Waals surface area contributed by atoms with E-state index in [9.17, 15) is 14.0 Å². The van der Waals surface area contributed by atoms with E-state index in [4.69, 9.17) is 0 Å². The minimum absolute atomic E-state index is 0.00396. The van der Waals surface area contributed by atoms with Gasteiger partial charge in [-0.1, -0.05) is 42.5 Å². The minimum atomic E-state index is -0.606. The van der Waals surface area contributed by atoms with Gasteiger partial charge in [-0.25, -0.2) is 4.39 Å². The van der Waals surface area contributed by atoms with Crippen molar-refractivity contribution in [3.8, 4) is 0 Å². The van der Waals surface area contributed by atoms with E-state index < -0.39 is 6.04 Å². The van der Waals surface area contributed by atoms with Gasteiger partial charge >= 0.3 is 0 Å². The maximum Gasteiger partial charge on any atom is 0.242 e. The van der Waals surface area contributed by atoms with Gasteiger partial charge in [-0.3, -0.25) is 9.59 Å². The third-order valence-corrected chi connectivity index (χ3v) is 4.06. The molecule has 0 aromatic heterocycles. The molecular weight excluding hydrogens is 331 g/mol. The van der Waals surface area contributed by atoms with Crippen LogP contribution in [0.4, 0.5) is 4.39 Å². The molecule has 0 unspecified atom stereocenters. The van der Waals surface area contributed by atoms with Crippen LogP contribution in [0.25, 0.3) is 0 Å². The SMILES string of the molecule is CC(C)NC(=O)[C@H](C)N(Cc1ccccc1)C(=O)Cc1ccc(F)cc1. The van der Waals surface area contributed by atoms with Gasteiger partial charge in [-0.2, -0.15) is 0 Å². The van der Waals surface area contributed by atoms with E-state index >= 15 is 0 Å². The Morgan fingerprint density at radius 3 is 2.15 bits per heavy atom. The number of carbonyl (C=O) groups is 2. The Balaban J connectivity index is 2.19. The molecule has 26 heavy (non-hydrogen) atoms. The Morgan fingerprint density at radius 2 is 1.58 bits per heavy atom. The molecule has 5 heteroatoms. The summed E-state index contributed by atoms with van der Waals surface area (Å²) in [4.78, 5) is 26.9. The van der Waals surface area contributed by atoms with Crippen molar-refractivity contribution >= 4 is 11.8 Å². The van der Waals surface area contributed by atoms with Crippen molar-refractivity contribution in [2.75, 3.05) is 0 Å². The molecule has 2 aromatic carbocycles. The number of nitrogens with zero attached hydrogens (tertiary/aromatic N) is 1. The molecule has 1 N–H and O–H groups in total. The first kappa shape index (κ1) is 19.6. The summed E-state index contributed by atoms with van der Waals surface area (Å²) in [7, 11) is 0. The van der Waals surface area contributed by atoms with Crippen molar-refractivity contribution in [1.29, 1.82) is 0 Å². The van der Waals surface area contributed by atoms with E-state index in [1.165, 1.54) is 12.1 Å². The molecule has 0 fully saturated rings. The molecule has 0 bridgehead atoms. The highest BCUT2D eigenvalue weighted by molar-refractivity contribution is 5.88. The van der Waals surface area contributed by atoms with Crippen molar-refractivity contribution in [1.82, 2.24) is 10.2 Å². The molecular formula is C21H25FN2O2. The summed E-state index contributed by atoms with van der Waals surface area (Å²) in [6.45, 7) is 5.83. The van der Waals surface area contributed by atoms with Gasteiger partial charge in [-0.15, -0.1) is 0 Å². The standard InChI is InChI=1S/C21H25FN2O2/c1-15(2)23-21(26)16(3)24(14-18-7-5-4-6-8-18)20(25)13-17-9-11-19(22)12-10-17/h4-12,15-16H,13-14H2,1-3H3,(H,23,26)/t16-/m0/s1. The first-order valence-electron chi connectivity index (χ1n) is 8.75. The zero-order valence-corrected chi connectivity index (χ0v) is 15.4. The predicted molar refractivity (Wildman–Crippen MR) is 99.8 cm³/mol. The molecule has 0 aliphatic heterocycles. The highest BCUT2D eigenvalue weighted by atomic mass is 19.1. The van der Waals surface area contributed by atoms with E-state index in [1.54, 1.807) is 24.0 Å². The van der Waals surface area contributed by atoms with Gasteiger partial charge in [0.2, 0.25) is 11.8 Å². The first-order chi connectivity index (χ1) is 12.4. The topological polar surface area (TPSA) is 49.4 Å². The van der Waals surface area contributed by atoms with E-state index in [0.717, 1.165) is 5.56 Å². The van der Waals surface area contributed by atoms with E-state index in [1.807, 2.05) is 44.2 Å². The zero-order valence-electron chi connectivity index (χ0n) is 15.4. The number of halogens is 1. The van der Waals surface area contributed by atoms with Crippen LogP contribution in [0.2, 0.25) is 0 Å². The molecule has 4 nitrogen and oxygen atoms in total. The fourth-order valence-electron chi connectivity index (χ4n) is 2.65. The molecule has 0 saturated heterocycles. The maximum absolute atomic E-state index is 13.1. The van der Waals surface area contributed by atoms with Crippen LogP contribution in [0.3, 0.4) is 0 Å². The zero-order chi connectivity index (χ0) is 19.1.